The molecular formula is C15H21NO3. The van der Waals surface area contributed by atoms with Crippen molar-refractivity contribution in [2.45, 2.75) is 39.2 Å². The van der Waals surface area contributed by atoms with Crippen LogP contribution in [0.3, 0.4) is 0 Å². The minimum Gasteiger partial charge on any atom is -0.480 e. The summed E-state index contributed by atoms with van der Waals surface area (Å²) in [5.41, 5.74) is 0.883. The predicted octanol–water partition coefficient (Wildman–Crippen LogP) is 2.41. The van der Waals surface area contributed by atoms with Crippen LogP contribution in [0, 0.1) is 5.92 Å². The largest absolute Gasteiger partial charge is 0.480 e. The van der Waals surface area contributed by atoms with Gasteiger partial charge in [-0.2, -0.15) is 0 Å². The zero-order valence-corrected chi connectivity index (χ0v) is 11.6. The molecule has 0 spiro atoms. The summed E-state index contributed by atoms with van der Waals surface area (Å²) in [6, 6.07) is 8.51. The normalized spacial score (nSPS) is 15.3. The number of aliphatic carboxylic acids is 1. The van der Waals surface area contributed by atoms with Crippen molar-refractivity contribution in [2.24, 2.45) is 5.92 Å². The Balaban J connectivity index is 2.75. The zero-order valence-electron chi connectivity index (χ0n) is 11.6. The van der Waals surface area contributed by atoms with Crippen LogP contribution in [0.5, 0.6) is 0 Å². The second kappa shape index (κ2) is 6.92. The first-order valence-corrected chi connectivity index (χ1v) is 6.55. The Morgan fingerprint density at radius 3 is 2.26 bits per heavy atom. The van der Waals surface area contributed by atoms with E-state index in [4.69, 9.17) is 5.11 Å². The molecule has 2 unspecified atom stereocenters. The third kappa shape index (κ3) is 4.09. The van der Waals surface area contributed by atoms with Crippen molar-refractivity contribution in [3.63, 3.8) is 0 Å². The van der Waals surface area contributed by atoms with Crippen LogP contribution in [-0.4, -0.2) is 23.0 Å². The van der Waals surface area contributed by atoms with Gasteiger partial charge in [0.1, 0.15) is 6.04 Å². The molecule has 0 saturated heterocycles. The van der Waals surface area contributed by atoms with Crippen molar-refractivity contribution in [1.82, 2.24) is 5.32 Å². The van der Waals surface area contributed by atoms with Gasteiger partial charge in [-0.1, -0.05) is 50.6 Å². The van der Waals surface area contributed by atoms with E-state index in [0.29, 0.717) is 6.42 Å². The van der Waals surface area contributed by atoms with Gasteiger partial charge in [0.05, 0.1) is 5.92 Å². The number of hydrogen-bond donors (Lipinski definition) is 2. The summed E-state index contributed by atoms with van der Waals surface area (Å²) in [6.07, 6.45) is 0.705. The Morgan fingerprint density at radius 1 is 1.21 bits per heavy atom. The fraction of sp³-hybridized carbons (Fsp3) is 0.467. The van der Waals surface area contributed by atoms with Crippen LogP contribution < -0.4 is 5.32 Å². The summed E-state index contributed by atoms with van der Waals surface area (Å²) in [5, 5.41) is 11.8. The van der Waals surface area contributed by atoms with Crippen molar-refractivity contribution in [2.75, 3.05) is 0 Å². The summed E-state index contributed by atoms with van der Waals surface area (Å²) < 4.78 is 0. The van der Waals surface area contributed by atoms with Crippen molar-refractivity contribution < 1.29 is 14.7 Å². The zero-order chi connectivity index (χ0) is 14.4. The topological polar surface area (TPSA) is 66.4 Å². The van der Waals surface area contributed by atoms with Gasteiger partial charge in [0.2, 0.25) is 5.91 Å². The molecule has 0 fully saturated rings. The van der Waals surface area contributed by atoms with E-state index in [1.165, 1.54) is 0 Å². The molecule has 19 heavy (non-hydrogen) atoms. The van der Waals surface area contributed by atoms with Crippen LogP contribution in [0.15, 0.2) is 30.3 Å². The number of hydrogen-bond acceptors (Lipinski definition) is 2. The molecule has 0 heterocycles. The minimum atomic E-state index is -0.983. The fourth-order valence-corrected chi connectivity index (χ4v) is 1.85. The molecule has 0 aromatic heterocycles. The number of nitrogens with one attached hydrogen (secondary N) is 1. The SMILES string of the molecule is CCC(C)C(NC(=O)[C@@H](C)c1ccccc1)C(=O)O. The number of rotatable bonds is 6. The Bertz CT molecular complexity index is 430. The highest BCUT2D eigenvalue weighted by Crippen LogP contribution is 2.16. The van der Waals surface area contributed by atoms with Gasteiger partial charge < -0.3 is 10.4 Å². The molecule has 3 atom stereocenters. The highest BCUT2D eigenvalue weighted by Gasteiger charge is 2.27. The Kier molecular flexibility index (Phi) is 5.55. The molecule has 1 rings (SSSR count). The summed E-state index contributed by atoms with van der Waals surface area (Å²) in [6.45, 7) is 5.51. The molecule has 4 nitrogen and oxygen atoms in total. The first-order valence-electron chi connectivity index (χ1n) is 6.55. The van der Waals surface area contributed by atoms with E-state index in [9.17, 15) is 9.59 Å². The van der Waals surface area contributed by atoms with E-state index in [0.717, 1.165) is 5.56 Å². The number of carboxylic acid groups (broad SMARTS) is 1. The lowest BCUT2D eigenvalue weighted by molar-refractivity contribution is -0.143. The van der Waals surface area contributed by atoms with Crippen LogP contribution in [0.1, 0.15) is 38.7 Å². The number of carbonyl (C=O) groups excluding carboxylic acids is 1. The molecule has 0 aliphatic carbocycles. The molecule has 104 valence electrons. The third-order valence-electron chi connectivity index (χ3n) is 3.47. The molecule has 0 radical (unpaired) electrons. The van der Waals surface area contributed by atoms with Crippen molar-refractivity contribution in [1.29, 1.82) is 0 Å². The van der Waals surface area contributed by atoms with E-state index in [-0.39, 0.29) is 17.7 Å². The molecule has 4 heteroatoms. The molecule has 0 aliphatic rings. The Morgan fingerprint density at radius 2 is 1.79 bits per heavy atom. The van der Waals surface area contributed by atoms with Crippen LogP contribution >= 0.6 is 0 Å². The van der Waals surface area contributed by atoms with Crippen molar-refractivity contribution >= 4 is 11.9 Å². The quantitative estimate of drug-likeness (QED) is 0.828. The maximum atomic E-state index is 12.1. The number of carbonyl (C=O) groups is 2. The van der Waals surface area contributed by atoms with E-state index >= 15 is 0 Å². The molecule has 0 saturated carbocycles. The average Bonchev–Trinajstić information content (AvgIpc) is 2.43. The monoisotopic (exact) mass is 263 g/mol. The predicted molar refractivity (Wildman–Crippen MR) is 73.9 cm³/mol. The summed E-state index contributed by atoms with van der Waals surface area (Å²) in [7, 11) is 0. The van der Waals surface area contributed by atoms with Crippen molar-refractivity contribution in [3.8, 4) is 0 Å². The first kappa shape index (κ1) is 15.2. The third-order valence-corrected chi connectivity index (χ3v) is 3.47. The lowest BCUT2D eigenvalue weighted by Crippen LogP contribution is -2.46. The van der Waals surface area contributed by atoms with Gasteiger partial charge in [0.25, 0.3) is 0 Å². The maximum Gasteiger partial charge on any atom is 0.326 e. The van der Waals surface area contributed by atoms with Gasteiger partial charge in [-0.15, -0.1) is 0 Å². The van der Waals surface area contributed by atoms with Gasteiger partial charge in [-0.25, -0.2) is 4.79 Å². The van der Waals surface area contributed by atoms with E-state index in [2.05, 4.69) is 5.32 Å². The lowest BCUT2D eigenvalue weighted by Gasteiger charge is -2.22. The van der Waals surface area contributed by atoms with Crippen LogP contribution in [-0.2, 0) is 9.59 Å². The van der Waals surface area contributed by atoms with Gasteiger partial charge in [-0.05, 0) is 18.4 Å². The second-order valence-electron chi connectivity index (χ2n) is 4.84. The molecule has 0 bridgehead atoms. The molecule has 0 aliphatic heterocycles. The number of amides is 1. The molecule has 1 aromatic rings. The molecular weight excluding hydrogens is 242 g/mol. The highest BCUT2D eigenvalue weighted by atomic mass is 16.4. The van der Waals surface area contributed by atoms with Crippen LogP contribution in [0.25, 0.3) is 0 Å². The first-order chi connectivity index (χ1) is 8.97. The molecule has 2 N–H and O–H groups in total. The van der Waals surface area contributed by atoms with Crippen LogP contribution in [0.4, 0.5) is 0 Å². The standard InChI is InChI=1S/C15H21NO3/c1-4-10(2)13(15(18)19)16-14(17)11(3)12-8-6-5-7-9-12/h5-11,13H,4H2,1-3H3,(H,16,17)(H,18,19)/t10?,11-,13?/m0/s1. The average molecular weight is 263 g/mol. The summed E-state index contributed by atoms with van der Waals surface area (Å²) in [5.74, 6) is -1.68. The van der Waals surface area contributed by atoms with Gasteiger partial charge in [0.15, 0.2) is 0 Å². The Hall–Kier alpha value is -1.84. The summed E-state index contributed by atoms with van der Waals surface area (Å²) >= 11 is 0. The van der Waals surface area contributed by atoms with Gasteiger partial charge in [-0.3, -0.25) is 4.79 Å². The van der Waals surface area contributed by atoms with Gasteiger partial charge in [0, 0.05) is 0 Å². The number of carboxylic acids is 1. The van der Waals surface area contributed by atoms with E-state index in [1.54, 1.807) is 6.92 Å². The molecule has 1 aromatic carbocycles. The summed E-state index contributed by atoms with van der Waals surface area (Å²) in [4.78, 5) is 23.3. The maximum absolute atomic E-state index is 12.1. The van der Waals surface area contributed by atoms with Gasteiger partial charge >= 0.3 is 5.97 Å². The van der Waals surface area contributed by atoms with Crippen LogP contribution in [0.2, 0.25) is 0 Å². The smallest absolute Gasteiger partial charge is 0.326 e. The highest BCUT2D eigenvalue weighted by molar-refractivity contribution is 5.87. The van der Waals surface area contributed by atoms with E-state index in [1.807, 2.05) is 44.2 Å². The second-order valence-corrected chi connectivity index (χ2v) is 4.84. The number of benzene rings is 1. The fourth-order valence-electron chi connectivity index (χ4n) is 1.85. The van der Waals surface area contributed by atoms with Crippen molar-refractivity contribution in [3.05, 3.63) is 35.9 Å². The lowest BCUT2D eigenvalue weighted by atomic mass is 9.96. The Labute approximate surface area is 113 Å². The molecule has 1 amide bonds. The minimum absolute atomic E-state index is 0.0931. The van der Waals surface area contributed by atoms with E-state index < -0.39 is 12.0 Å².